The Morgan fingerprint density at radius 3 is 3.06 bits per heavy atom. The van der Waals surface area contributed by atoms with E-state index in [1.165, 1.54) is 18.0 Å². The molecule has 1 N–H and O–H groups in total. The largest absolute Gasteiger partial charge is 0.367 e. The molecule has 2 aromatic heterocycles. The first kappa shape index (κ1) is 11.0. The van der Waals surface area contributed by atoms with Crippen molar-refractivity contribution in [1.82, 2.24) is 9.97 Å². The van der Waals surface area contributed by atoms with E-state index in [9.17, 15) is 4.39 Å². The molecule has 16 heavy (non-hydrogen) atoms. The predicted molar refractivity (Wildman–Crippen MR) is 63.1 cm³/mol. The van der Waals surface area contributed by atoms with Crippen molar-refractivity contribution in [2.24, 2.45) is 0 Å². The van der Waals surface area contributed by atoms with E-state index in [1.807, 2.05) is 12.3 Å². The van der Waals surface area contributed by atoms with Crippen molar-refractivity contribution in [2.45, 2.75) is 19.4 Å². The first-order chi connectivity index (χ1) is 7.74. The van der Waals surface area contributed by atoms with E-state index in [0.29, 0.717) is 5.82 Å². The number of halogens is 1. The average Bonchev–Trinajstić information content (AvgIpc) is 2.70. The summed E-state index contributed by atoms with van der Waals surface area (Å²) in [4.78, 5) is 7.36. The van der Waals surface area contributed by atoms with Crippen LogP contribution in [0.5, 0.6) is 0 Å². The Hall–Kier alpha value is -1.49. The van der Waals surface area contributed by atoms with Crippen molar-refractivity contribution in [3.8, 4) is 0 Å². The molecule has 5 heteroatoms. The molecule has 84 valence electrons. The molecule has 3 nitrogen and oxygen atoms in total. The Balaban J connectivity index is 1.94. The molecule has 0 saturated carbocycles. The van der Waals surface area contributed by atoms with E-state index < -0.39 is 5.95 Å². The fraction of sp³-hybridized carbons (Fsp3) is 0.273. The second kappa shape index (κ2) is 5.03. The van der Waals surface area contributed by atoms with Gasteiger partial charge in [0.1, 0.15) is 12.1 Å². The Morgan fingerprint density at radius 1 is 1.50 bits per heavy atom. The van der Waals surface area contributed by atoms with E-state index >= 15 is 0 Å². The topological polar surface area (TPSA) is 37.8 Å². The van der Waals surface area contributed by atoms with Gasteiger partial charge in [-0.3, -0.25) is 0 Å². The minimum Gasteiger partial charge on any atom is -0.367 e. The SMILES string of the molecule is CC(Cc1ccsc1)Nc1cc(F)ncn1. The van der Waals surface area contributed by atoms with E-state index in [1.54, 1.807) is 11.3 Å². The monoisotopic (exact) mass is 237 g/mol. The summed E-state index contributed by atoms with van der Waals surface area (Å²) >= 11 is 1.68. The second-order valence-electron chi connectivity index (χ2n) is 3.61. The molecule has 1 atom stereocenters. The van der Waals surface area contributed by atoms with Gasteiger partial charge in [-0.1, -0.05) is 0 Å². The van der Waals surface area contributed by atoms with Crippen LogP contribution < -0.4 is 5.32 Å². The van der Waals surface area contributed by atoms with E-state index in [2.05, 4.69) is 26.7 Å². The minimum absolute atomic E-state index is 0.212. The van der Waals surface area contributed by atoms with Crippen LogP contribution >= 0.6 is 11.3 Å². The van der Waals surface area contributed by atoms with Crippen LogP contribution in [0.25, 0.3) is 0 Å². The minimum atomic E-state index is -0.514. The number of aromatic nitrogens is 2. The maximum atomic E-state index is 12.8. The zero-order valence-corrected chi connectivity index (χ0v) is 9.67. The Labute approximate surface area is 97.4 Å². The first-order valence-corrected chi connectivity index (χ1v) is 5.93. The van der Waals surface area contributed by atoms with Gasteiger partial charge in [-0.2, -0.15) is 15.7 Å². The lowest BCUT2D eigenvalue weighted by atomic mass is 10.1. The smallest absolute Gasteiger partial charge is 0.217 e. The third kappa shape index (κ3) is 3.00. The second-order valence-corrected chi connectivity index (χ2v) is 4.39. The standard InChI is InChI=1S/C11H12FN3S/c1-8(4-9-2-3-16-6-9)15-11-5-10(12)13-7-14-11/h2-3,5-8H,4H2,1H3,(H,13,14,15). The summed E-state index contributed by atoms with van der Waals surface area (Å²) in [5.41, 5.74) is 1.28. The van der Waals surface area contributed by atoms with Gasteiger partial charge in [-0.25, -0.2) is 9.97 Å². The molecular weight excluding hydrogens is 225 g/mol. The molecule has 0 radical (unpaired) electrons. The van der Waals surface area contributed by atoms with Gasteiger partial charge in [0.15, 0.2) is 0 Å². The molecule has 2 aromatic rings. The van der Waals surface area contributed by atoms with Crippen molar-refractivity contribution in [3.05, 3.63) is 40.7 Å². The molecule has 2 heterocycles. The highest BCUT2D eigenvalue weighted by Crippen LogP contribution is 2.11. The van der Waals surface area contributed by atoms with Crippen molar-refractivity contribution in [1.29, 1.82) is 0 Å². The quantitative estimate of drug-likeness (QED) is 0.831. The summed E-state index contributed by atoms with van der Waals surface area (Å²) in [6.07, 6.45) is 2.12. The van der Waals surface area contributed by atoms with E-state index in [0.717, 1.165) is 6.42 Å². The fourth-order valence-electron chi connectivity index (χ4n) is 1.48. The van der Waals surface area contributed by atoms with Crippen LogP contribution in [-0.2, 0) is 6.42 Å². The number of nitrogens with one attached hydrogen (secondary N) is 1. The number of rotatable bonds is 4. The fourth-order valence-corrected chi connectivity index (χ4v) is 2.16. The molecule has 2 rings (SSSR count). The molecule has 0 aliphatic heterocycles. The third-order valence-electron chi connectivity index (χ3n) is 2.15. The number of hydrogen-bond donors (Lipinski definition) is 1. The predicted octanol–water partition coefficient (Wildman–Crippen LogP) is 2.72. The highest BCUT2D eigenvalue weighted by Gasteiger charge is 2.05. The lowest BCUT2D eigenvalue weighted by molar-refractivity contribution is 0.579. The summed E-state index contributed by atoms with van der Waals surface area (Å²) in [6, 6.07) is 3.59. The van der Waals surface area contributed by atoms with Crippen molar-refractivity contribution < 1.29 is 4.39 Å². The lowest BCUT2D eigenvalue weighted by Gasteiger charge is -2.13. The summed E-state index contributed by atoms with van der Waals surface area (Å²) in [7, 11) is 0. The number of thiophene rings is 1. The summed E-state index contributed by atoms with van der Waals surface area (Å²) in [5, 5.41) is 7.29. The zero-order chi connectivity index (χ0) is 11.4. The van der Waals surface area contributed by atoms with Gasteiger partial charge >= 0.3 is 0 Å². The van der Waals surface area contributed by atoms with Crippen molar-refractivity contribution in [3.63, 3.8) is 0 Å². The van der Waals surface area contributed by atoms with Crippen molar-refractivity contribution in [2.75, 3.05) is 5.32 Å². The van der Waals surface area contributed by atoms with Crippen LogP contribution in [0, 0.1) is 5.95 Å². The van der Waals surface area contributed by atoms with Crippen LogP contribution in [0.3, 0.4) is 0 Å². The molecule has 1 unspecified atom stereocenters. The molecule has 0 bridgehead atoms. The highest BCUT2D eigenvalue weighted by molar-refractivity contribution is 7.07. The van der Waals surface area contributed by atoms with Gasteiger partial charge in [-0.15, -0.1) is 0 Å². The molecule has 0 amide bonds. The average molecular weight is 237 g/mol. The molecule has 0 fully saturated rings. The highest BCUT2D eigenvalue weighted by atomic mass is 32.1. The molecule has 0 spiro atoms. The summed E-state index contributed by atoms with van der Waals surface area (Å²) in [6.45, 7) is 2.04. The van der Waals surface area contributed by atoms with Crippen LogP contribution in [0.4, 0.5) is 10.2 Å². The van der Waals surface area contributed by atoms with E-state index in [-0.39, 0.29) is 6.04 Å². The van der Waals surface area contributed by atoms with Crippen LogP contribution in [-0.4, -0.2) is 16.0 Å². The molecule has 0 aliphatic rings. The third-order valence-corrected chi connectivity index (χ3v) is 2.88. The molecule has 0 aliphatic carbocycles. The Morgan fingerprint density at radius 2 is 2.38 bits per heavy atom. The van der Waals surface area contributed by atoms with Crippen LogP contribution in [0.1, 0.15) is 12.5 Å². The number of anilines is 1. The Kier molecular flexibility index (Phi) is 3.46. The van der Waals surface area contributed by atoms with Gasteiger partial charge in [-0.05, 0) is 35.7 Å². The van der Waals surface area contributed by atoms with Crippen LogP contribution in [0.2, 0.25) is 0 Å². The van der Waals surface area contributed by atoms with E-state index in [4.69, 9.17) is 0 Å². The van der Waals surface area contributed by atoms with Gasteiger partial charge in [0.2, 0.25) is 5.95 Å². The van der Waals surface area contributed by atoms with Gasteiger partial charge in [0.25, 0.3) is 0 Å². The lowest BCUT2D eigenvalue weighted by Crippen LogP contribution is -2.18. The van der Waals surface area contributed by atoms with Crippen LogP contribution in [0.15, 0.2) is 29.2 Å². The summed E-state index contributed by atoms with van der Waals surface area (Å²) < 4.78 is 12.8. The number of hydrogen-bond acceptors (Lipinski definition) is 4. The molecule has 0 aromatic carbocycles. The maximum Gasteiger partial charge on any atom is 0.217 e. The zero-order valence-electron chi connectivity index (χ0n) is 8.85. The maximum absolute atomic E-state index is 12.8. The Bertz CT molecular complexity index is 444. The van der Waals surface area contributed by atoms with Gasteiger partial charge in [0, 0.05) is 12.1 Å². The molecular formula is C11H12FN3S. The van der Waals surface area contributed by atoms with Gasteiger partial charge < -0.3 is 5.32 Å². The first-order valence-electron chi connectivity index (χ1n) is 4.99. The molecule has 0 saturated heterocycles. The summed E-state index contributed by atoms with van der Waals surface area (Å²) in [5.74, 6) is 0.00969. The van der Waals surface area contributed by atoms with Gasteiger partial charge in [0.05, 0.1) is 0 Å². The number of nitrogens with zero attached hydrogens (tertiary/aromatic N) is 2. The van der Waals surface area contributed by atoms with Crippen molar-refractivity contribution >= 4 is 17.2 Å². The normalized spacial score (nSPS) is 12.4.